The molecule has 94 valence electrons. The second-order valence-electron chi connectivity index (χ2n) is 5.41. The second-order valence-corrected chi connectivity index (χ2v) is 7.00. The molecular formula is C13H23BrOS. The van der Waals surface area contributed by atoms with Crippen molar-refractivity contribution in [3.05, 3.63) is 0 Å². The fourth-order valence-corrected chi connectivity index (χ4v) is 5.37. The summed E-state index contributed by atoms with van der Waals surface area (Å²) in [5.74, 6) is 3.76. The van der Waals surface area contributed by atoms with Crippen LogP contribution in [0.5, 0.6) is 0 Å². The van der Waals surface area contributed by atoms with Crippen molar-refractivity contribution in [2.24, 2.45) is 11.3 Å². The van der Waals surface area contributed by atoms with Gasteiger partial charge in [0.1, 0.15) is 0 Å². The minimum atomic E-state index is 0.529. The summed E-state index contributed by atoms with van der Waals surface area (Å²) in [5, 5.41) is 1.15. The number of halogens is 1. The molecule has 16 heavy (non-hydrogen) atoms. The number of alkyl halides is 1. The molecule has 1 aliphatic carbocycles. The van der Waals surface area contributed by atoms with Gasteiger partial charge in [-0.15, -0.1) is 0 Å². The molecule has 2 aliphatic rings. The van der Waals surface area contributed by atoms with Crippen LogP contribution in [0, 0.1) is 11.3 Å². The topological polar surface area (TPSA) is 9.23 Å². The Hall–Kier alpha value is 0.790. The van der Waals surface area contributed by atoms with E-state index in [1.807, 2.05) is 0 Å². The predicted octanol–water partition coefficient (Wildman–Crippen LogP) is 4.10. The number of hydrogen-bond acceptors (Lipinski definition) is 2. The first-order valence-corrected chi connectivity index (χ1v) is 8.84. The predicted molar refractivity (Wildman–Crippen MR) is 75.6 cm³/mol. The fraction of sp³-hybridized carbons (Fsp3) is 1.00. The lowest BCUT2D eigenvalue weighted by molar-refractivity contribution is 0.0374. The zero-order valence-corrected chi connectivity index (χ0v) is 12.5. The van der Waals surface area contributed by atoms with Crippen LogP contribution in [-0.2, 0) is 4.74 Å². The molecule has 0 radical (unpaired) electrons. The summed E-state index contributed by atoms with van der Waals surface area (Å²) < 4.78 is 5.48. The van der Waals surface area contributed by atoms with Gasteiger partial charge in [0.05, 0.1) is 0 Å². The van der Waals surface area contributed by atoms with Gasteiger partial charge < -0.3 is 4.74 Å². The number of hydrogen-bond donors (Lipinski definition) is 0. The van der Waals surface area contributed by atoms with Gasteiger partial charge in [-0.05, 0) is 48.5 Å². The monoisotopic (exact) mass is 306 g/mol. The SMILES string of the molecule is BrCC1(CSCC2CCCC2)CCOCC1. The molecular weight excluding hydrogens is 284 g/mol. The van der Waals surface area contributed by atoms with Gasteiger partial charge in [-0.25, -0.2) is 0 Å². The summed E-state index contributed by atoms with van der Waals surface area (Å²) in [4.78, 5) is 0. The van der Waals surface area contributed by atoms with Crippen molar-refractivity contribution in [2.45, 2.75) is 38.5 Å². The molecule has 1 aliphatic heterocycles. The maximum absolute atomic E-state index is 5.48. The molecule has 0 unspecified atom stereocenters. The minimum absolute atomic E-state index is 0.529. The van der Waals surface area contributed by atoms with E-state index in [1.54, 1.807) is 0 Å². The highest BCUT2D eigenvalue weighted by molar-refractivity contribution is 9.09. The van der Waals surface area contributed by atoms with Crippen molar-refractivity contribution in [2.75, 3.05) is 30.0 Å². The van der Waals surface area contributed by atoms with E-state index >= 15 is 0 Å². The van der Waals surface area contributed by atoms with E-state index < -0.39 is 0 Å². The molecule has 0 bridgehead atoms. The number of ether oxygens (including phenoxy) is 1. The third kappa shape index (κ3) is 3.64. The summed E-state index contributed by atoms with van der Waals surface area (Å²) in [6.45, 7) is 1.94. The van der Waals surface area contributed by atoms with E-state index in [2.05, 4.69) is 27.7 Å². The van der Waals surface area contributed by atoms with Crippen molar-refractivity contribution in [3.63, 3.8) is 0 Å². The Morgan fingerprint density at radius 1 is 1.19 bits per heavy atom. The summed E-state index contributed by atoms with van der Waals surface area (Å²) in [6, 6.07) is 0. The van der Waals surface area contributed by atoms with Gasteiger partial charge in [-0.1, -0.05) is 28.8 Å². The third-order valence-electron chi connectivity index (χ3n) is 4.07. The van der Waals surface area contributed by atoms with E-state index in [1.165, 1.54) is 50.0 Å². The molecule has 2 fully saturated rings. The van der Waals surface area contributed by atoms with Crippen molar-refractivity contribution < 1.29 is 4.74 Å². The van der Waals surface area contributed by atoms with Crippen LogP contribution in [0.1, 0.15) is 38.5 Å². The van der Waals surface area contributed by atoms with Gasteiger partial charge in [0, 0.05) is 18.5 Å². The first kappa shape index (κ1) is 13.2. The highest BCUT2D eigenvalue weighted by Crippen LogP contribution is 2.37. The van der Waals surface area contributed by atoms with Crippen LogP contribution in [0.2, 0.25) is 0 Å². The van der Waals surface area contributed by atoms with Crippen LogP contribution in [0.3, 0.4) is 0 Å². The van der Waals surface area contributed by atoms with Crippen LogP contribution in [-0.4, -0.2) is 30.0 Å². The zero-order chi connectivity index (χ0) is 11.3. The Bertz CT molecular complexity index is 198. The van der Waals surface area contributed by atoms with Crippen LogP contribution in [0.15, 0.2) is 0 Å². The minimum Gasteiger partial charge on any atom is -0.381 e. The molecule has 2 rings (SSSR count). The van der Waals surface area contributed by atoms with Gasteiger partial charge in [0.2, 0.25) is 0 Å². The van der Waals surface area contributed by atoms with Crippen LogP contribution >= 0.6 is 27.7 Å². The second kappa shape index (κ2) is 6.65. The van der Waals surface area contributed by atoms with Crippen molar-refractivity contribution >= 4 is 27.7 Å². The standard InChI is InChI=1S/C13H23BrOS/c14-10-13(5-7-15-8-6-13)11-16-9-12-3-1-2-4-12/h12H,1-11H2. The zero-order valence-electron chi connectivity index (χ0n) is 10.0. The van der Waals surface area contributed by atoms with Crippen LogP contribution < -0.4 is 0 Å². The molecule has 0 N–H and O–H groups in total. The molecule has 0 aromatic heterocycles. The van der Waals surface area contributed by atoms with Crippen molar-refractivity contribution in [1.29, 1.82) is 0 Å². The highest BCUT2D eigenvalue weighted by atomic mass is 79.9. The Kier molecular flexibility index (Phi) is 5.50. The molecule has 0 atom stereocenters. The maximum Gasteiger partial charge on any atom is 0.0471 e. The molecule has 1 heterocycles. The van der Waals surface area contributed by atoms with Crippen LogP contribution in [0.4, 0.5) is 0 Å². The van der Waals surface area contributed by atoms with E-state index in [-0.39, 0.29) is 0 Å². The van der Waals surface area contributed by atoms with E-state index in [0.717, 1.165) is 24.5 Å². The Morgan fingerprint density at radius 3 is 2.50 bits per heavy atom. The van der Waals surface area contributed by atoms with Crippen molar-refractivity contribution in [3.8, 4) is 0 Å². The lowest BCUT2D eigenvalue weighted by Gasteiger charge is -2.35. The normalized spacial score (nSPS) is 26.1. The first-order chi connectivity index (χ1) is 7.85. The summed E-state index contributed by atoms with van der Waals surface area (Å²) in [5.41, 5.74) is 0.529. The van der Waals surface area contributed by atoms with E-state index in [9.17, 15) is 0 Å². The van der Waals surface area contributed by atoms with Gasteiger partial charge in [-0.2, -0.15) is 11.8 Å². The summed E-state index contributed by atoms with van der Waals surface area (Å²) >= 11 is 5.91. The van der Waals surface area contributed by atoms with Gasteiger partial charge in [0.25, 0.3) is 0 Å². The highest BCUT2D eigenvalue weighted by Gasteiger charge is 2.31. The largest absolute Gasteiger partial charge is 0.381 e. The molecule has 0 spiro atoms. The molecule has 0 amide bonds. The Morgan fingerprint density at radius 2 is 1.88 bits per heavy atom. The Balaban J connectivity index is 1.69. The first-order valence-electron chi connectivity index (χ1n) is 6.56. The number of rotatable bonds is 5. The van der Waals surface area contributed by atoms with Crippen LogP contribution in [0.25, 0.3) is 0 Å². The third-order valence-corrected chi connectivity index (χ3v) is 6.79. The quantitative estimate of drug-likeness (QED) is 0.707. The molecule has 0 aromatic rings. The van der Waals surface area contributed by atoms with E-state index in [0.29, 0.717) is 5.41 Å². The number of thioether (sulfide) groups is 1. The summed E-state index contributed by atoms with van der Waals surface area (Å²) in [7, 11) is 0. The van der Waals surface area contributed by atoms with E-state index in [4.69, 9.17) is 4.74 Å². The fourth-order valence-electron chi connectivity index (χ4n) is 2.74. The van der Waals surface area contributed by atoms with Gasteiger partial charge >= 0.3 is 0 Å². The van der Waals surface area contributed by atoms with Gasteiger partial charge in [0.15, 0.2) is 0 Å². The molecule has 1 nitrogen and oxygen atoms in total. The maximum atomic E-state index is 5.48. The van der Waals surface area contributed by atoms with Gasteiger partial charge in [-0.3, -0.25) is 0 Å². The molecule has 0 aromatic carbocycles. The smallest absolute Gasteiger partial charge is 0.0471 e. The lowest BCUT2D eigenvalue weighted by atomic mass is 9.85. The Labute approximate surface area is 112 Å². The lowest BCUT2D eigenvalue weighted by Crippen LogP contribution is -2.33. The average molecular weight is 307 g/mol. The molecule has 3 heteroatoms. The average Bonchev–Trinajstić information content (AvgIpc) is 2.83. The summed E-state index contributed by atoms with van der Waals surface area (Å²) in [6.07, 6.45) is 8.41. The molecule has 1 saturated heterocycles. The van der Waals surface area contributed by atoms with Crippen molar-refractivity contribution in [1.82, 2.24) is 0 Å². The molecule has 1 saturated carbocycles.